The quantitative estimate of drug-likeness (QED) is 0.810. The molecular formula is C8H10N4OS. The van der Waals surface area contributed by atoms with Crippen molar-refractivity contribution in [3.63, 3.8) is 0 Å². The number of aromatic amines is 1. The van der Waals surface area contributed by atoms with E-state index < -0.39 is 0 Å². The van der Waals surface area contributed by atoms with Crippen molar-refractivity contribution in [1.29, 1.82) is 0 Å². The molecule has 0 aliphatic rings. The Morgan fingerprint density at radius 1 is 1.57 bits per heavy atom. The lowest BCUT2D eigenvalue weighted by atomic mass is 10.1. The molecule has 2 aromatic heterocycles. The van der Waals surface area contributed by atoms with E-state index in [0.29, 0.717) is 10.3 Å². The lowest BCUT2D eigenvalue weighted by Gasteiger charge is -2.05. The number of H-pyrrole nitrogens is 1. The largest absolute Gasteiger partial charge is 0.308 e. The molecule has 0 fully saturated rings. The van der Waals surface area contributed by atoms with Crippen molar-refractivity contribution in [2.24, 2.45) is 0 Å². The van der Waals surface area contributed by atoms with Crippen LogP contribution in [0.3, 0.4) is 0 Å². The first-order valence-electron chi connectivity index (χ1n) is 4.44. The van der Waals surface area contributed by atoms with Crippen LogP contribution in [0.15, 0.2) is 4.79 Å². The third-order valence-electron chi connectivity index (χ3n) is 2.23. The minimum atomic E-state index is -0.195. The molecule has 1 atom stereocenters. The highest BCUT2D eigenvalue weighted by atomic mass is 32.1. The van der Waals surface area contributed by atoms with Crippen LogP contribution in [0.5, 0.6) is 0 Å². The average Bonchev–Trinajstić information content (AvgIpc) is 2.64. The Hall–Kier alpha value is -1.30. The zero-order chi connectivity index (χ0) is 10.1. The monoisotopic (exact) mass is 210 g/mol. The van der Waals surface area contributed by atoms with Gasteiger partial charge in [0.25, 0.3) is 5.56 Å². The van der Waals surface area contributed by atoms with Crippen molar-refractivity contribution >= 4 is 21.9 Å². The standard InChI is InChI=1S/C8H10N4OS/c1-3-4(2)6-9-7(13)5-8(10-6)14-12-11-5/h4H,3H2,1-2H3,(H,9,10,13). The highest BCUT2D eigenvalue weighted by Crippen LogP contribution is 2.15. The zero-order valence-corrected chi connectivity index (χ0v) is 8.76. The van der Waals surface area contributed by atoms with E-state index in [9.17, 15) is 4.79 Å². The SMILES string of the molecule is CCC(C)c1nc2snnc2c(=O)[nH]1. The van der Waals surface area contributed by atoms with Crippen LogP contribution >= 0.6 is 11.5 Å². The van der Waals surface area contributed by atoms with Gasteiger partial charge < -0.3 is 4.98 Å². The minimum absolute atomic E-state index is 0.195. The number of nitrogens with zero attached hydrogens (tertiary/aromatic N) is 3. The van der Waals surface area contributed by atoms with Gasteiger partial charge in [0.15, 0.2) is 10.3 Å². The van der Waals surface area contributed by atoms with E-state index in [4.69, 9.17) is 0 Å². The molecule has 0 amide bonds. The first-order chi connectivity index (χ1) is 6.72. The van der Waals surface area contributed by atoms with E-state index >= 15 is 0 Å². The number of rotatable bonds is 2. The topological polar surface area (TPSA) is 71.5 Å². The highest BCUT2D eigenvalue weighted by molar-refractivity contribution is 7.12. The molecule has 0 saturated carbocycles. The smallest absolute Gasteiger partial charge is 0.280 e. The number of fused-ring (bicyclic) bond motifs is 1. The maximum atomic E-state index is 11.5. The molecule has 6 heteroatoms. The summed E-state index contributed by atoms with van der Waals surface area (Å²) in [7, 11) is 0. The number of aromatic nitrogens is 4. The summed E-state index contributed by atoms with van der Waals surface area (Å²) in [5.41, 5.74) is 0.140. The van der Waals surface area contributed by atoms with Crippen LogP contribution < -0.4 is 5.56 Å². The van der Waals surface area contributed by atoms with Gasteiger partial charge in [0, 0.05) is 17.5 Å². The molecule has 0 radical (unpaired) electrons. The Balaban J connectivity index is 2.64. The second kappa shape index (κ2) is 3.45. The fourth-order valence-corrected chi connectivity index (χ4v) is 1.70. The van der Waals surface area contributed by atoms with Gasteiger partial charge in [-0.3, -0.25) is 4.79 Å². The van der Waals surface area contributed by atoms with Crippen molar-refractivity contribution in [1.82, 2.24) is 19.6 Å². The molecule has 1 unspecified atom stereocenters. The van der Waals surface area contributed by atoms with Crippen LogP contribution in [0.2, 0.25) is 0 Å². The Bertz CT molecular complexity index is 503. The molecule has 74 valence electrons. The molecule has 0 spiro atoms. The van der Waals surface area contributed by atoms with Gasteiger partial charge in [-0.2, -0.15) is 0 Å². The molecule has 0 aromatic carbocycles. The number of nitrogens with one attached hydrogen (secondary N) is 1. The van der Waals surface area contributed by atoms with Crippen LogP contribution in [0, 0.1) is 0 Å². The van der Waals surface area contributed by atoms with Gasteiger partial charge in [-0.25, -0.2) is 4.98 Å². The van der Waals surface area contributed by atoms with Gasteiger partial charge in [0.1, 0.15) is 5.82 Å². The van der Waals surface area contributed by atoms with Gasteiger partial charge in [-0.15, -0.1) is 5.10 Å². The summed E-state index contributed by atoms with van der Waals surface area (Å²) in [5.74, 6) is 0.977. The number of hydrogen-bond donors (Lipinski definition) is 1. The molecule has 0 aliphatic carbocycles. The predicted molar refractivity (Wildman–Crippen MR) is 54.5 cm³/mol. The first-order valence-corrected chi connectivity index (χ1v) is 5.22. The molecule has 0 saturated heterocycles. The fourth-order valence-electron chi connectivity index (χ4n) is 1.14. The Morgan fingerprint density at radius 2 is 2.36 bits per heavy atom. The van der Waals surface area contributed by atoms with Crippen LogP contribution in [0.25, 0.3) is 10.3 Å². The average molecular weight is 210 g/mol. The van der Waals surface area contributed by atoms with Gasteiger partial charge >= 0.3 is 0 Å². The maximum Gasteiger partial charge on any atom is 0.280 e. The second-order valence-corrected chi connectivity index (χ2v) is 3.92. The zero-order valence-electron chi connectivity index (χ0n) is 7.94. The second-order valence-electron chi connectivity index (χ2n) is 3.19. The summed E-state index contributed by atoms with van der Waals surface area (Å²) < 4.78 is 3.70. The van der Waals surface area contributed by atoms with Gasteiger partial charge in [0.2, 0.25) is 0 Å². The van der Waals surface area contributed by atoms with E-state index in [1.165, 1.54) is 0 Å². The van der Waals surface area contributed by atoms with Crippen molar-refractivity contribution in [3.8, 4) is 0 Å². The lowest BCUT2D eigenvalue weighted by Crippen LogP contribution is -2.13. The number of hydrogen-bond acceptors (Lipinski definition) is 5. The molecule has 1 N–H and O–H groups in total. The summed E-state index contributed by atoms with van der Waals surface area (Å²) in [6.07, 6.45) is 0.945. The van der Waals surface area contributed by atoms with Crippen molar-refractivity contribution in [2.45, 2.75) is 26.2 Å². The van der Waals surface area contributed by atoms with Crippen molar-refractivity contribution in [2.75, 3.05) is 0 Å². The van der Waals surface area contributed by atoms with Crippen LogP contribution in [-0.2, 0) is 0 Å². The van der Waals surface area contributed by atoms with E-state index in [2.05, 4.69) is 26.5 Å². The van der Waals surface area contributed by atoms with Gasteiger partial charge in [-0.1, -0.05) is 18.3 Å². The van der Waals surface area contributed by atoms with Crippen molar-refractivity contribution in [3.05, 3.63) is 16.2 Å². The van der Waals surface area contributed by atoms with Gasteiger partial charge in [0.05, 0.1) is 0 Å². The molecule has 14 heavy (non-hydrogen) atoms. The fraction of sp³-hybridized carbons (Fsp3) is 0.500. The van der Waals surface area contributed by atoms with Crippen molar-refractivity contribution < 1.29 is 0 Å². The molecular weight excluding hydrogens is 200 g/mol. The lowest BCUT2D eigenvalue weighted by molar-refractivity contribution is 0.680. The van der Waals surface area contributed by atoms with Crippen LogP contribution in [-0.4, -0.2) is 19.6 Å². The summed E-state index contributed by atoms with van der Waals surface area (Å²) >= 11 is 1.15. The Morgan fingerprint density at radius 3 is 3.07 bits per heavy atom. The summed E-state index contributed by atoms with van der Waals surface area (Å²) in [4.78, 5) is 19.1. The van der Waals surface area contributed by atoms with E-state index in [-0.39, 0.29) is 11.5 Å². The normalized spacial score (nSPS) is 13.3. The van der Waals surface area contributed by atoms with E-state index in [0.717, 1.165) is 23.8 Å². The summed E-state index contributed by atoms with van der Waals surface area (Å²) in [6, 6.07) is 0. The van der Waals surface area contributed by atoms with E-state index in [1.807, 2.05) is 6.92 Å². The molecule has 2 heterocycles. The first kappa shape index (κ1) is 9.26. The Labute approximate surface area is 84.4 Å². The molecule has 5 nitrogen and oxygen atoms in total. The third-order valence-corrected chi connectivity index (χ3v) is 2.85. The summed E-state index contributed by atoms with van der Waals surface area (Å²) in [5, 5.41) is 3.71. The van der Waals surface area contributed by atoms with Crippen LogP contribution in [0.4, 0.5) is 0 Å². The molecule has 2 rings (SSSR count). The molecule has 0 bridgehead atoms. The van der Waals surface area contributed by atoms with Crippen LogP contribution in [0.1, 0.15) is 32.0 Å². The van der Waals surface area contributed by atoms with E-state index in [1.54, 1.807) is 0 Å². The Kier molecular flexibility index (Phi) is 2.28. The molecule has 2 aromatic rings. The molecule has 0 aliphatic heterocycles. The van der Waals surface area contributed by atoms with Gasteiger partial charge in [-0.05, 0) is 6.42 Å². The maximum absolute atomic E-state index is 11.5. The highest BCUT2D eigenvalue weighted by Gasteiger charge is 2.11. The minimum Gasteiger partial charge on any atom is -0.308 e. The predicted octanol–water partition coefficient (Wildman–Crippen LogP) is 1.29. The third kappa shape index (κ3) is 1.41. The summed E-state index contributed by atoms with van der Waals surface area (Å²) in [6.45, 7) is 4.08.